The molecule has 2 aromatic carbocycles. The Balaban J connectivity index is 1.64. The zero-order chi connectivity index (χ0) is 23.8. The van der Waals surface area contributed by atoms with Gasteiger partial charge in [-0.1, -0.05) is 18.9 Å². The van der Waals surface area contributed by atoms with E-state index in [1.807, 2.05) is 6.92 Å². The van der Waals surface area contributed by atoms with Gasteiger partial charge < -0.3 is 14.8 Å². The molecule has 0 spiro atoms. The lowest BCUT2D eigenvalue weighted by atomic mass is 10.2. The van der Waals surface area contributed by atoms with E-state index in [9.17, 15) is 18.0 Å². The van der Waals surface area contributed by atoms with E-state index in [-0.39, 0.29) is 10.5 Å². The summed E-state index contributed by atoms with van der Waals surface area (Å²) in [4.78, 5) is 25.1. The van der Waals surface area contributed by atoms with Gasteiger partial charge in [-0.25, -0.2) is 13.2 Å². The lowest BCUT2D eigenvalue weighted by Crippen LogP contribution is -2.32. The van der Waals surface area contributed by atoms with Crippen molar-refractivity contribution in [1.29, 1.82) is 0 Å². The van der Waals surface area contributed by atoms with Gasteiger partial charge in [-0.15, -0.1) is 0 Å². The van der Waals surface area contributed by atoms with Gasteiger partial charge in [-0.05, 0) is 69.2 Å². The number of nitrogens with zero attached hydrogens (tertiary/aromatic N) is 1. The predicted molar refractivity (Wildman–Crippen MR) is 125 cm³/mol. The number of carbonyl (C=O) groups excluding carboxylic acids is 2. The summed E-state index contributed by atoms with van der Waals surface area (Å²) in [5.74, 6) is -0.580. The van der Waals surface area contributed by atoms with Crippen LogP contribution in [0.5, 0.6) is 5.75 Å². The molecule has 1 heterocycles. The van der Waals surface area contributed by atoms with Crippen molar-refractivity contribution in [2.24, 2.45) is 0 Å². The van der Waals surface area contributed by atoms with Gasteiger partial charge in [0.2, 0.25) is 10.0 Å². The van der Waals surface area contributed by atoms with Crippen LogP contribution in [0.25, 0.3) is 0 Å². The van der Waals surface area contributed by atoms with Crippen LogP contribution in [-0.4, -0.2) is 50.4 Å². The van der Waals surface area contributed by atoms with Crippen LogP contribution in [0.4, 0.5) is 5.69 Å². The molecule has 33 heavy (non-hydrogen) atoms. The number of hydrogen-bond acceptors (Lipinski definition) is 6. The van der Waals surface area contributed by atoms with Crippen molar-refractivity contribution < 1.29 is 27.5 Å². The summed E-state index contributed by atoms with van der Waals surface area (Å²) in [5, 5.41) is 2.68. The Morgan fingerprint density at radius 2 is 1.70 bits per heavy atom. The smallest absolute Gasteiger partial charge is 0.338 e. The molecule has 9 heteroatoms. The molecule has 2 aromatic rings. The number of anilines is 1. The summed E-state index contributed by atoms with van der Waals surface area (Å²) in [7, 11) is -3.70. The normalized spacial score (nSPS) is 15.8. The molecule has 1 aliphatic rings. The van der Waals surface area contributed by atoms with E-state index in [0.717, 1.165) is 25.7 Å². The summed E-state index contributed by atoms with van der Waals surface area (Å²) in [5.41, 5.74) is 0.614. The first-order valence-electron chi connectivity index (χ1n) is 11.2. The molecule has 8 nitrogen and oxygen atoms in total. The van der Waals surface area contributed by atoms with E-state index in [0.29, 0.717) is 31.1 Å². The second kappa shape index (κ2) is 11.3. The van der Waals surface area contributed by atoms with Crippen LogP contribution in [0.2, 0.25) is 0 Å². The minimum Gasteiger partial charge on any atom is -0.494 e. The van der Waals surface area contributed by atoms with Gasteiger partial charge in [-0.3, -0.25) is 4.79 Å². The quantitative estimate of drug-likeness (QED) is 0.584. The SMILES string of the molecule is CCOc1ccc(NC(=O)C(C)OC(=O)c2cccc(S(=O)(=O)N3CCCCCC3)c2)cc1. The average Bonchev–Trinajstić information content (AvgIpc) is 3.11. The van der Waals surface area contributed by atoms with Crippen LogP contribution in [0.3, 0.4) is 0 Å². The van der Waals surface area contributed by atoms with Gasteiger partial charge in [-0.2, -0.15) is 4.31 Å². The van der Waals surface area contributed by atoms with Gasteiger partial charge in [0, 0.05) is 18.8 Å². The minimum absolute atomic E-state index is 0.0466. The molecule has 1 aliphatic heterocycles. The summed E-state index contributed by atoms with van der Waals surface area (Å²) in [6, 6.07) is 12.6. The van der Waals surface area contributed by atoms with Crippen LogP contribution in [0.1, 0.15) is 49.9 Å². The van der Waals surface area contributed by atoms with Crippen LogP contribution < -0.4 is 10.1 Å². The number of sulfonamides is 1. The second-order valence-corrected chi connectivity index (χ2v) is 9.78. The van der Waals surface area contributed by atoms with Gasteiger partial charge in [0.15, 0.2) is 6.10 Å². The van der Waals surface area contributed by atoms with Crippen molar-refractivity contribution in [2.45, 2.75) is 50.5 Å². The number of benzene rings is 2. The van der Waals surface area contributed by atoms with E-state index in [2.05, 4.69) is 5.32 Å². The number of ether oxygens (including phenoxy) is 2. The highest BCUT2D eigenvalue weighted by Crippen LogP contribution is 2.22. The Morgan fingerprint density at radius 1 is 1.03 bits per heavy atom. The number of nitrogens with one attached hydrogen (secondary N) is 1. The third kappa shape index (κ3) is 6.55. The molecule has 0 aromatic heterocycles. The predicted octanol–water partition coefficient (Wildman–Crippen LogP) is 3.83. The van der Waals surface area contributed by atoms with E-state index in [1.54, 1.807) is 24.3 Å². The van der Waals surface area contributed by atoms with Crippen LogP contribution in [-0.2, 0) is 19.6 Å². The average molecular weight is 475 g/mol. The zero-order valence-corrected chi connectivity index (χ0v) is 19.8. The maximum atomic E-state index is 13.0. The first-order chi connectivity index (χ1) is 15.8. The first-order valence-corrected chi connectivity index (χ1v) is 12.6. The highest BCUT2D eigenvalue weighted by Gasteiger charge is 2.26. The number of esters is 1. The third-order valence-electron chi connectivity index (χ3n) is 5.36. The fourth-order valence-electron chi connectivity index (χ4n) is 3.54. The molecule has 178 valence electrons. The molecule has 1 saturated heterocycles. The molecule has 1 amide bonds. The molecule has 0 radical (unpaired) electrons. The minimum atomic E-state index is -3.70. The van der Waals surface area contributed by atoms with Crippen molar-refractivity contribution in [1.82, 2.24) is 4.31 Å². The van der Waals surface area contributed by atoms with Crippen molar-refractivity contribution in [2.75, 3.05) is 25.0 Å². The van der Waals surface area contributed by atoms with Gasteiger partial charge >= 0.3 is 5.97 Å². The lowest BCUT2D eigenvalue weighted by molar-refractivity contribution is -0.123. The van der Waals surface area contributed by atoms with Crippen molar-refractivity contribution in [3.05, 3.63) is 54.1 Å². The Morgan fingerprint density at radius 3 is 2.33 bits per heavy atom. The van der Waals surface area contributed by atoms with Crippen molar-refractivity contribution in [3.63, 3.8) is 0 Å². The summed E-state index contributed by atoms with van der Waals surface area (Å²) < 4.78 is 38.1. The van der Waals surface area contributed by atoms with Gasteiger partial charge in [0.1, 0.15) is 5.75 Å². The standard InChI is InChI=1S/C24H30N2O6S/c1-3-31-21-13-11-20(12-14-21)25-23(27)18(2)32-24(28)19-9-8-10-22(17-19)33(29,30)26-15-6-4-5-7-16-26/h8-14,17-18H,3-7,15-16H2,1-2H3,(H,25,27). The van der Waals surface area contributed by atoms with E-state index < -0.39 is 28.0 Å². The van der Waals surface area contributed by atoms with Crippen LogP contribution in [0.15, 0.2) is 53.4 Å². The molecular weight excluding hydrogens is 444 g/mol. The molecule has 0 bridgehead atoms. The fourth-order valence-corrected chi connectivity index (χ4v) is 5.11. The Bertz CT molecular complexity index is 1060. The number of carbonyl (C=O) groups is 2. The van der Waals surface area contributed by atoms with Gasteiger partial charge in [0.25, 0.3) is 5.91 Å². The van der Waals surface area contributed by atoms with E-state index >= 15 is 0 Å². The third-order valence-corrected chi connectivity index (χ3v) is 7.25. The highest BCUT2D eigenvalue weighted by molar-refractivity contribution is 7.89. The van der Waals surface area contributed by atoms with Crippen molar-refractivity contribution in [3.8, 4) is 5.75 Å². The maximum absolute atomic E-state index is 13.0. The lowest BCUT2D eigenvalue weighted by Gasteiger charge is -2.20. The zero-order valence-electron chi connectivity index (χ0n) is 19.0. The molecule has 1 unspecified atom stereocenters. The largest absolute Gasteiger partial charge is 0.494 e. The van der Waals surface area contributed by atoms with Crippen LogP contribution >= 0.6 is 0 Å². The Hall–Kier alpha value is -2.91. The maximum Gasteiger partial charge on any atom is 0.338 e. The number of amides is 1. The highest BCUT2D eigenvalue weighted by atomic mass is 32.2. The molecule has 1 atom stereocenters. The second-order valence-electron chi connectivity index (χ2n) is 7.84. The van der Waals surface area contributed by atoms with E-state index in [1.165, 1.54) is 35.5 Å². The van der Waals surface area contributed by atoms with Gasteiger partial charge in [0.05, 0.1) is 17.1 Å². The molecule has 1 fully saturated rings. The molecular formula is C24H30N2O6S. The molecule has 0 aliphatic carbocycles. The van der Waals surface area contributed by atoms with E-state index in [4.69, 9.17) is 9.47 Å². The topological polar surface area (TPSA) is 102 Å². The summed E-state index contributed by atoms with van der Waals surface area (Å²) in [6.07, 6.45) is 2.59. The molecule has 1 N–H and O–H groups in total. The Labute approximate surface area is 194 Å². The fraction of sp³-hybridized carbons (Fsp3) is 0.417. The monoisotopic (exact) mass is 474 g/mol. The summed E-state index contributed by atoms with van der Waals surface area (Å²) >= 11 is 0. The number of hydrogen-bond donors (Lipinski definition) is 1. The molecule has 3 rings (SSSR count). The van der Waals surface area contributed by atoms with Crippen LogP contribution in [0, 0.1) is 0 Å². The number of rotatable bonds is 8. The summed E-state index contributed by atoms with van der Waals surface area (Å²) in [6.45, 7) is 4.82. The molecule has 0 saturated carbocycles. The first kappa shape index (κ1) is 24.7. The Kier molecular flexibility index (Phi) is 8.46. The van der Waals surface area contributed by atoms with Crippen molar-refractivity contribution >= 4 is 27.6 Å².